The molecule has 92 valence electrons. The first-order valence-electron chi connectivity index (χ1n) is 5.58. The fraction of sp³-hybridized carbons (Fsp3) is 0.500. The van der Waals surface area contributed by atoms with Crippen molar-refractivity contribution in [2.45, 2.75) is 24.9 Å². The molecule has 1 aliphatic carbocycles. The molecule has 0 spiro atoms. The Labute approximate surface area is 97.0 Å². The molecule has 0 aromatic heterocycles. The van der Waals surface area contributed by atoms with E-state index in [1.54, 1.807) is 0 Å². The maximum Gasteiger partial charge on any atom is 0.167 e. The van der Waals surface area contributed by atoms with E-state index in [9.17, 15) is 13.9 Å². The lowest BCUT2D eigenvalue weighted by molar-refractivity contribution is 0.140. The molecule has 3 nitrogen and oxygen atoms in total. The van der Waals surface area contributed by atoms with Gasteiger partial charge in [-0.05, 0) is 12.8 Å². The number of rotatable bonds is 2. The minimum atomic E-state index is -0.964. The van der Waals surface area contributed by atoms with Gasteiger partial charge in [0.05, 0.1) is 5.60 Å². The van der Waals surface area contributed by atoms with Crippen molar-refractivity contribution in [3.63, 3.8) is 0 Å². The lowest BCUT2D eigenvalue weighted by Gasteiger charge is -2.22. The third-order valence-corrected chi connectivity index (χ3v) is 3.15. The Morgan fingerprint density at radius 2 is 1.94 bits per heavy atom. The Balaban J connectivity index is 2.06. The minimum Gasteiger partial charge on any atom is -0.486 e. The highest BCUT2D eigenvalue weighted by molar-refractivity contribution is 5.49. The third-order valence-electron chi connectivity index (χ3n) is 3.15. The molecular weight excluding hydrogens is 230 g/mol. The van der Waals surface area contributed by atoms with E-state index in [0.717, 1.165) is 6.07 Å². The van der Waals surface area contributed by atoms with Crippen molar-refractivity contribution in [2.75, 3.05) is 13.2 Å². The fourth-order valence-corrected chi connectivity index (χ4v) is 2.01. The van der Waals surface area contributed by atoms with Gasteiger partial charge in [-0.15, -0.1) is 0 Å². The van der Waals surface area contributed by atoms with Gasteiger partial charge in [0.1, 0.15) is 13.2 Å². The lowest BCUT2D eigenvalue weighted by Crippen LogP contribution is -2.20. The summed E-state index contributed by atoms with van der Waals surface area (Å²) in [7, 11) is 0. The van der Waals surface area contributed by atoms with Crippen LogP contribution in [0.25, 0.3) is 0 Å². The van der Waals surface area contributed by atoms with E-state index in [0.29, 0.717) is 26.1 Å². The van der Waals surface area contributed by atoms with E-state index in [-0.39, 0.29) is 23.5 Å². The molecule has 1 aliphatic heterocycles. The Morgan fingerprint density at radius 1 is 1.24 bits per heavy atom. The van der Waals surface area contributed by atoms with Gasteiger partial charge in [0.15, 0.2) is 23.1 Å². The number of fused-ring (bicyclic) bond motifs is 1. The van der Waals surface area contributed by atoms with Crippen molar-refractivity contribution >= 4 is 0 Å². The van der Waals surface area contributed by atoms with Crippen molar-refractivity contribution in [1.82, 2.24) is 0 Å². The molecule has 3 rings (SSSR count). The van der Waals surface area contributed by atoms with Gasteiger partial charge < -0.3 is 14.6 Å². The highest BCUT2D eigenvalue weighted by Crippen LogP contribution is 2.44. The van der Waals surface area contributed by atoms with E-state index in [1.165, 1.54) is 0 Å². The Morgan fingerprint density at radius 3 is 2.65 bits per heavy atom. The predicted molar refractivity (Wildman–Crippen MR) is 55.2 cm³/mol. The molecule has 0 saturated heterocycles. The second kappa shape index (κ2) is 3.57. The van der Waals surface area contributed by atoms with Crippen LogP contribution in [0.2, 0.25) is 0 Å². The molecule has 0 amide bonds. The zero-order valence-electron chi connectivity index (χ0n) is 9.13. The van der Waals surface area contributed by atoms with Crippen LogP contribution in [-0.4, -0.2) is 23.9 Å². The number of hydrogen-bond acceptors (Lipinski definition) is 3. The topological polar surface area (TPSA) is 38.7 Å². The van der Waals surface area contributed by atoms with Crippen LogP contribution in [0, 0.1) is 11.6 Å². The van der Waals surface area contributed by atoms with Crippen LogP contribution in [0.5, 0.6) is 11.5 Å². The van der Waals surface area contributed by atoms with Crippen molar-refractivity contribution in [3.05, 3.63) is 23.3 Å². The number of hydrogen-bond donors (Lipinski definition) is 1. The summed E-state index contributed by atoms with van der Waals surface area (Å²) in [5, 5.41) is 9.81. The molecule has 1 aromatic carbocycles. The van der Waals surface area contributed by atoms with Gasteiger partial charge in [0.25, 0.3) is 0 Å². The van der Waals surface area contributed by atoms with E-state index in [1.807, 2.05) is 0 Å². The summed E-state index contributed by atoms with van der Waals surface area (Å²) < 4.78 is 37.6. The quantitative estimate of drug-likeness (QED) is 0.859. The van der Waals surface area contributed by atoms with Crippen LogP contribution >= 0.6 is 0 Å². The normalized spacial score (nSPS) is 20.2. The van der Waals surface area contributed by atoms with Gasteiger partial charge in [-0.25, -0.2) is 8.78 Å². The molecule has 0 unspecified atom stereocenters. The monoisotopic (exact) mass is 242 g/mol. The number of ether oxygens (including phenoxy) is 2. The maximum atomic E-state index is 13.7. The SMILES string of the molecule is OC1(Cc2c(F)c(F)cc3c2OCCO3)CC1. The second-order valence-corrected chi connectivity index (χ2v) is 4.58. The third kappa shape index (κ3) is 1.84. The predicted octanol–water partition coefficient (Wildman–Crippen LogP) is 1.80. The van der Waals surface area contributed by atoms with Crippen LogP contribution in [0.1, 0.15) is 18.4 Å². The summed E-state index contributed by atoms with van der Waals surface area (Å²) in [6.07, 6.45) is 1.29. The second-order valence-electron chi connectivity index (χ2n) is 4.58. The van der Waals surface area contributed by atoms with Gasteiger partial charge in [-0.1, -0.05) is 0 Å². The zero-order chi connectivity index (χ0) is 12.0. The van der Waals surface area contributed by atoms with Gasteiger partial charge in [0.2, 0.25) is 0 Å². The highest BCUT2D eigenvalue weighted by atomic mass is 19.2. The number of benzene rings is 1. The molecular formula is C12H12F2O3. The summed E-state index contributed by atoms with van der Waals surface area (Å²) >= 11 is 0. The number of halogens is 2. The first kappa shape index (κ1) is 10.8. The summed E-state index contributed by atoms with van der Waals surface area (Å²) in [5.41, 5.74) is -0.817. The summed E-state index contributed by atoms with van der Waals surface area (Å²) in [4.78, 5) is 0. The van der Waals surface area contributed by atoms with Crippen molar-refractivity contribution in [2.24, 2.45) is 0 Å². The van der Waals surface area contributed by atoms with E-state index in [4.69, 9.17) is 9.47 Å². The molecule has 1 N–H and O–H groups in total. The van der Waals surface area contributed by atoms with Crippen LogP contribution in [0.3, 0.4) is 0 Å². The highest BCUT2D eigenvalue weighted by Gasteiger charge is 2.42. The van der Waals surface area contributed by atoms with Crippen molar-refractivity contribution < 1.29 is 23.4 Å². The van der Waals surface area contributed by atoms with Gasteiger partial charge >= 0.3 is 0 Å². The largest absolute Gasteiger partial charge is 0.486 e. The van der Waals surface area contributed by atoms with Crippen LogP contribution < -0.4 is 9.47 Å². The molecule has 0 radical (unpaired) electrons. The molecule has 1 saturated carbocycles. The number of aliphatic hydroxyl groups is 1. The maximum absolute atomic E-state index is 13.7. The smallest absolute Gasteiger partial charge is 0.167 e. The zero-order valence-corrected chi connectivity index (χ0v) is 9.13. The first-order chi connectivity index (χ1) is 8.09. The molecule has 1 aromatic rings. The summed E-state index contributed by atoms with van der Waals surface area (Å²) in [5.74, 6) is -1.46. The molecule has 0 atom stereocenters. The average molecular weight is 242 g/mol. The average Bonchev–Trinajstić information content (AvgIpc) is 3.03. The standard InChI is InChI=1S/C12H12F2O3/c13-8-5-9-11(17-4-3-16-9)7(10(8)14)6-12(15)1-2-12/h5,15H,1-4,6H2. The van der Waals surface area contributed by atoms with Gasteiger partial charge in [0, 0.05) is 18.1 Å². The molecule has 5 heteroatoms. The van der Waals surface area contributed by atoms with Crippen LogP contribution in [0.15, 0.2) is 6.07 Å². The van der Waals surface area contributed by atoms with Crippen molar-refractivity contribution in [1.29, 1.82) is 0 Å². The van der Waals surface area contributed by atoms with E-state index in [2.05, 4.69) is 0 Å². The fourth-order valence-electron chi connectivity index (χ4n) is 2.01. The van der Waals surface area contributed by atoms with E-state index >= 15 is 0 Å². The Kier molecular flexibility index (Phi) is 2.26. The molecule has 0 bridgehead atoms. The van der Waals surface area contributed by atoms with Gasteiger partial charge in [-0.3, -0.25) is 0 Å². The molecule has 2 aliphatic rings. The summed E-state index contributed by atoms with van der Waals surface area (Å²) in [6.45, 7) is 0.630. The van der Waals surface area contributed by atoms with Crippen molar-refractivity contribution in [3.8, 4) is 11.5 Å². The van der Waals surface area contributed by atoms with Gasteiger partial charge in [-0.2, -0.15) is 0 Å². The van der Waals surface area contributed by atoms with Crippen LogP contribution in [-0.2, 0) is 6.42 Å². The van der Waals surface area contributed by atoms with E-state index < -0.39 is 17.2 Å². The molecule has 17 heavy (non-hydrogen) atoms. The lowest BCUT2D eigenvalue weighted by atomic mass is 10.0. The molecule has 1 fully saturated rings. The van der Waals surface area contributed by atoms with Crippen LogP contribution in [0.4, 0.5) is 8.78 Å². The Bertz CT molecular complexity index is 469. The first-order valence-corrected chi connectivity index (χ1v) is 5.58. The molecule has 1 heterocycles. The Hall–Kier alpha value is -1.36. The summed E-state index contributed by atoms with van der Waals surface area (Å²) in [6, 6.07) is 0.990. The minimum absolute atomic E-state index is 0.0717.